The van der Waals surface area contributed by atoms with E-state index in [0.29, 0.717) is 29.0 Å². The van der Waals surface area contributed by atoms with E-state index in [1.807, 2.05) is 13.0 Å². The van der Waals surface area contributed by atoms with Crippen molar-refractivity contribution >= 4 is 23.1 Å². The Morgan fingerprint density at radius 2 is 1.65 bits per heavy atom. The number of aryl methyl sites for hydroxylation is 1. The number of nitrogens with one attached hydrogen (secondary N) is 2. The molecule has 0 aliphatic rings. The van der Waals surface area contributed by atoms with Crippen LogP contribution in [0.15, 0.2) is 48.5 Å². The first-order chi connectivity index (χ1) is 12.6. The summed E-state index contributed by atoms with van der Waals surface area (Å²) in [6.45, 7) is 1.87. The summed E-state index contributed by atoms with van der Waals surface area (Å²) in [5.74, 6) is 2.03. The molecule has 0 aliphatic heterocycles. The summed E-state index contributed by atoms with van der Waals surface area (Å²) < 4.78 is 23.7. The number of hydrogen-bond acceptors (Lipinski definition) is 6. The third kappa shape index (κ3) is 4.18. The molecule has 0 bridgehead atoms. The van der Waals surface area contributed by atoms with Crippen LogP contribution in [0.1, 0.15) is 5.69 Å². The van der Waals surface area contributed by atoms with E-state index in [1.54, 1.807) is 44.6 Å². The van der Waals surface area contributed by atoms with E-state index in [2.05, 4.69) is 20.6 Å². The van der Waals surface area contributed by atoms with Gasteiger partial charge in [-0.2, -0.15) is 4.98 Å². The minimum absolute atomic E-state index is 0.290. The maximum atomic E-state index is 13.0. The maximum Gasteiger partial charge on any atom is 0.229 e. The molecule has 0 radical (unpaired) electrons. The first kappa shape index (κ1) is 17.5. The Hall–Kier alpha value is -3.35. The highest BCUT2D eigenvalue weighted by Crippen LogP contribution is 2.31. The average Bonchev–Trinajstić information content (AvgIpc) is 2.63. The molecule has 1 aromatic heterocycles. The molecule has 0 atom stereocenters. The van der Waals surface area contributed by atoms with Crippen LogP contribution in [0.25, 0.3) is 0 Å². The first-order valence-corrected chi connectivity index (χ1v) is 7.94. The molecular weight excluding hydrogens is 335 g/mol. The fourth-order valence-electron chi connectivity index (χ4n) is 2.40. The number of halogens is 1. The van der Waals surface area contributed by atoms with Crippen LogP contribution >= 0.6 is 0 Å². The van der Waals surface area contributed by atoms with Gasteiger partial charge in [-0.25, -0.2) is 9.37 Å². The fourth-order valence-corrected chi connectivity index (χ4v) is 2.40. The highest BCUT2D eigenvalue weighted by Gasteiger charge is 2.09. The standard InChI is InChI=1S/C19H19FN4O2/c1-12-10-18(22-14-6-4-13(20)5-7-14)24-19(21-12)23-16-11-15(25-2)8-9-17(16)26-3/h4-11H,1-3H3,(H2,21,22,23,24). The van der Waals surface area contributed by atoms with Crippen molar-refractivity contribution in [1.29, 1.82) is 0 Å². The Balaban J connectivity index is 1.87. The summed E-state index contributed by atoms with van der Waals surface area (Å²) in [5, 5.41) is 6.28. The molecule has 0 amide bonds. The molecule has 134 valence electrons. The zero-order chi connectivity index (χ0) is 18.5. The molecule has 0 fully saturated rings. The minimum Gasteiger partial charge on any atom is -0.497 e. The van der Waals surface area contributed by atoms with Gasteiger partial charge in [0.15, 0.2) is 0 Å². The highest BCUT2D eigenvalue weighted by molar-refractivity contribution is 5.66. The summed E-state index contributed by atoms with van der Waals surface area (Å²) in [4.78, 5) is 8.85. The van der Waals surface area contributed by atoms with Gasteiger partial charge in [0.2, 0.25) is 5.95 Å². The molecule has 26 heavy (non-hydrogen) atoms. The van der Waals surface area contributed by atoms with E-state index in [1.165, 1.54) is 12.1 Å². The van der Waals surface area contributed by atoms with Crippen LogP contribution in [-0.2, 0) is 0 Å². The van der Waals surface area contributed by atoms with Crippen LogP contribution < -0.4 is 20.1 Å². The number of methoxy groups -OCH3 is 2. The average molecular weight is 354 g/mol. The Bertz CT molecular complexity index is 901. The van der Waals surface area contributed by atoms with Crippen LogP contribution in [0.3, 0.4) is 0 Å². The summed E-state index contributed by atoms with van der Waals surface area (Å²) in [6.07, 6.45) is 0. The molecular formula is C19H19FN4O2. The fraction of sp³-hybridized carbons (Fsp3) is 0.158. The Kier molecular flexibility index (Phi) is 5.17. The minimum atomic E-state index is -0.290. The smallest absolute Gasteiger partial charge is 0.229 e. The lowest BCUT2D eigenvalue weighted by Crippen LogP contribution is -2.03. The third-order valence-corrected chi connectivity index (χ3v) is 3.62. The largest absolute Gasteiger partial charge is 0.497 e. The quantitative estimate of drug-likeness (QED) is 0.683. The number of hydrogen-bond donors (Lipinski definition) is 2. The number of aromatic nitrogens is 2. The lowest BCUT2D eigenvalue weighted by Gasteiger charge is -2.13. The topological polar surface area (TPSA) is 68.3 Å². The van der Waals surface area contributed by atoms with Gasteiger partial charge in [-0.15, -0.1) is 0 Å². The Morgan fingerprint density at radius 1 is 0.885 bits per heavy atom. The molecule has 2 aromatic carbocycles. The lowest BCUT2D eigenvalue weighted by atomic mass is 10.2. The van der Waals surface area contributed by atoms with Crippen molar-refractivity contribution in [2.45, 2.75) is 6.92 Å². The van der Waals surface area contributed by atoms with Gasteiger partial charge in [0, 0.05) is 23.5 Å². The Morgan fingerprint density at radius 3 is 2.35 bits per heavy atom. The van der Waals surface area contributed by atoms with Crippen LogP contribution in [0.5, 0.6) is 11.5 Å². The van der Waals surface area contributed by atoms with Crippen molar-refractivity contribution in [3.05, 3.63) is 60.0 Å². The lowest BCUT2D eigenvalue weighted by molar-refractivity contribution is 0.405. The maximum absolute atomic E-state index is 13.0. The summed E-state index contributed by atoms with van der Waals surface area (Å²) in [6, 6.07) is 13.3. The third-order valence-electron chi connectivity index (χ3n) is 3.62. The van der Waals surface area contributed by atoms with Gasteiger partial charge in [-0.1, -0.05) is 0 Å². The molecule has 0 saturated heterocycles. The normalized spacial score (nSPS) is 10.3. The molecule has 7 heteroatoms. The van der Waals surface area contributed by atoms with E-state index in [4.69, 9.17) is 9.47 Å². The van der Waals surface area contributed by atoms with Crippen LogP contribution in [0.2, 0.25) is 0 Å². The number of rotatable bonds is 6. The van der Waals surface area contributed by atoms with E-state index in [9.17, 15) is 4.39 Å². The Labute approximate surface area is 151 Å². The van der Waals surface area contributed by atoms with Gasteiger partial charge >= 0.3 is 0 Å². The molecule has 0 saturated carbocycles. The predicted octanol–water partition coefficient (Wildman–Crippen LogP) is 4.43. The zero-order valence-corrected chi connectivity index (χ0v) is 14.7. The van der Waals surface area contributed by atoms with E-state index >= 15 is 0 Å². The first-order valence-electron chi connectivity index (χ1n) is 7.94. The summed E-state index contributed by atoms with van der Waals surface area (Å²) in [7, 11) is 3.19. The zero-order valence-electron chi connectivity index (χ0n) is 14.7. The SMILES string of the molecule is COc1ccc(OC)c(Nc2nc(C)cc(Nc3ccc(F)cc3)n2)c1. The van der Waals surface area contributed by atoms with Crippen molar-refractivity contribution in [2.75, 3.05) is 24.9 Å². The molecule has 1 heterocycles. The molecule has 6 nitrogen and oxygen atoms in total. The molecule has 0 spiro atoms. The van der Waals surface area contributed by atoms with Crippen LogP contribution in [-0.4, -0.2) is 24.2 Å². The van der Waals surface area contributed by atoms with Crippen molar-refractivity contribution < 1.29 is 13.9 Å². The van der Waals surface area contributed by atoms with E-state index in [-0.39, 0.29) is 5.82 Å². The predicted molar refractivity (Wildman–Crippen MR) is 99.3 cm³/mol. The van der Waals surface area contributed by atoms with Crippen molar-refractivity contribution in [2.24, 2.45) is 0 Å². The van der Waals surface area contributed by atoms with E-state index in [0.717, 1.165) is 11.4 Å². The second kappa shape index (κ2) is 7.69. The molecule has 2 N–H and O–H groups in total. The summed E-state index contributed by atoms with van der Waals surface area (Å²) in [5.41, 5.74) is 2.19. The molecule has 3 rings (SSSR count). The van der Waals surface area contributed by atoms with Gasteiger partial charge in [-0.05, 0) is 43.3 Å². The van der Waals surface area contributed by atoms with Gasteiger partial charge in [-0.3, -0.25) is 0 Å². The molecule has 3 aromatic rings. The van der Waals surface area contributed by atoms with Gasteiger partial charge < -0.3 is 20.1 Å². The molecule has 0 unspecified atom stereocenters. The van der Waals surface area contributed by atoms with Crippen molar-refractivity contribution in [3.63, 3.8) is 0 Å². The van der Waals surface area contributed by atoms with Crippen molar-refractivity contribution in [3.8, 4) is 11.5 Å². The van der Waals surface area contributed by atoms with Crippen molar-refractivity contribution in [1.82, 2.24) is 9.97 Å². The number of nitrogens with zero attached hydrogens (tertiary/aromatic N) is 2. The highest BCUT2D eigenvalue weighted by atomic mass is 19.1. The van der Waals surface area contributed by atoms with E-state index < -0.39 is 0 Å². The number of ether oxygens (including phenoxy) is 2. The number of anilines is 4. The second-order valence-electron chi connectivity index (χ2n) is 5.54. The van der Waals surface area contributed by atoms with Crippen LogP contribution in [0.4, 0.5) is 27.5 Å². The second-order valence-corrected chi connectivity index (χ2v) is 5.54. The van der Waals surface area contributed by atoms with Crippen LogP contribution in [0, 0.1) is 12.7 Å². The van der Waals surface area contributed by atoms with Gasteiger partial charge in [0.1, 0.15) is 23.1 Å². The monoisotopic (exact) mass is 354 g/mol. The van der Waals surface area contributed by atoms with Gasteiger partial charge in [0.05, 0.1) is 19.9 Å². The van der Waals surface area contributed by atoms with Gasteiger partial charge in [0.25, 0.3) is 0 Å². The summed E-state index contributed by atoms with van der Waals surface area (Å²) >= 11 is 0. The molecule has 0 aliphatic carbocycles. The number of benzene rings is 2.